The minimum absolute atomic E-state index is 0.0559. The maximum Gasteiger partial charge on any atom is 0.155 e. The van der Waals surface area contributed by atoms with Crippen LogP contribution >= 0.6 is 22.9 Å². The van der Waals surface area contributed by atoms with Crippen molar-refractivity contribution in [3.05, 3.63) is 24.3 Å². The van der Waals surface area contributed by atoms with Gasteiger partial charge in [-0.3, -0.25) is 4.79 Å². The van der Waals surface area contributed by atoms with Gasteiger partial charge in [-0.15, -0.1) is 0 Å². The van der Waals surface area contributed by atoms with Crippen molar-refractivity contribution >= 4 is 34.3 Å². The van der Waals surface area contributed by atoms with Crippen LogP contribution in [0.15, 0.2) is 24.3 Å². The molecule has 148 valence electrons. The molecule has 0 heterocycles. The molecule has 1 aromatic carbocycles. The van der Waals surface area contributed by atoms with Crippen LogP contribution in [0.25, 0.3) is 0 Å². The number of nitrogens with one attached hydrogen (secondary N) is 1. The predicted octanol–water partition coefficient (Wildman–Crippen LogP) is 4.03. The first kappa shape index (κ1) is 23.1. The van der Waals surface area contributed by atoms with Gasteiger partial charge in [-0.25, -0.2) is 0 Å². The summed E-state index contributed by atoms with van der Waals surface area (Å²) in [7, 11) is 0. The Morgan fingerprint density at radius 3 is 1.96 bits per heavy atom. The number of hydrogen-bond acceptors (Lipinski definition) is 6. The molecule has 0 fully saturated rings. The van der Waals surface area contributed by atoms with Gasteiger partial charge in [0.25, 0.3) is 0 Å². The number of ether oxygens (including phenoxy) is 4. The molecule has 7 heteroatoms. The molecule has 1 aromatic rings. The van der Waals surface area contributed by atoms with E-state index in [9.17, 15) is 4.79 Å². The van der Waals surface area contributed by atoms with Crippen LogP contribution in [0.3, 0.4) is 0 Å². The summed E-state index contributed by atoms with van der Waals surface area (Å²) in [5, 5.41) is 0. The van der Waals surface area contributed by atoms with Gasteiger partial charge in [-0.1, -0.05) is 0 Å². The molecule has 0 radical (unpaired) electrons. The molecular formula is C19H30INO5. The zero-order valence-electron chi connectivity index (χ0n) is 15.5. The molecule has 0 saturated heterocycles. The van der Waals surface area contributed by atoms with Gasteiger partial charge in [0.05, 0.1) is 29.5 Å². The van der Waals surface area contributed by atoms with E-state index in [0.29, 0.717) is 26.4 Å². The van der Waals surface area contributed by atoms with E-state index < -0.39 is 0 Å². The molecule has 0 aliphatic heterocycles. The van der Waals surface area contributed by atoms with Gasteiger partial charge in [0.15, 0.2) is 5.78 Å². The van der Waals surface area contributed by atoms with Gasteiger partial charge in [0.2, 0.25) is 0 Å². The first-order chi connectivity index (χ1) is 12.7. The highest BCUT2D eigenvalue weighted by Crippen LogP contribution is 2.16. The standard InChI is InChI=1S/C19H30INO5/c1-17(22)16-25-14-4-12-23-10-2-3-11-24-13-5-15-26-19-8-6-18(21-20)7-9-19/h6-9,21H,2-5,10-16H2,1H3. The van der Waals surface area contributed by atoms with Crippen LogP contribution in [0.4, 0.5) is 5.69 Å². The molecule has 26 heavy (non-hydrogen) atoms. The third kappa shape index (κ3) is 13.3. The molecule has 0 aliphatic rings. The molecular weight excluding hydrogens is 449 g/mol. The lowest BCUT2D eigenvalue weighted by atomic mass is 10.3. The number of benzene rings is 1. The van der Waals surface area contributed by atoms with Crippen molar-refractivity contribution in [1.29, 1.82) is 0 Å². The van der Waals surface area contributed by atoms with Crippen molar-refractivity contribution in [3.63, 3.8) is 0 Å². The minimum Gasteiger partial charge on any atom is -0.494 e. The van der Waals surface area contributed by atoms with Crippen LogP contribution in [-0.2, 0) is 19.0 Å². The summed E-state index contributed by atoms with van der Waals surface area (Å²) in [4.78, 5) is 10.7. The largest absolute Gasteiger partial charge is 0.494 e. The smallest absolute Gasteiger partial charge is 0.155 e. The minimum atomic E-state index is 0.0559. The van der Waals surface area contributed by atoms with E-state index in [1.807, 2.05) is 24.3 Å². The van der Waals surface area contributed by atoms with Crippen molar-refractivity contribution in [3.8, 4) is 5.75 Å². The van der Waals surface area contributed by atoms with Gasteiger partial charge in [0.1, 0.15) is 12.4 Å². The van der Waals surface area contributed by atoms with Crippen molar-refractivity contribution < 1.29 is 23.7 Å². The first-order valence-electron chi connectivity index (χ1n) is 9.04. The zero-order valence-corrected chi connectivity index (χ0v) is 17.7. The van der Waals surface area contributed by atoms with E-state index in [-0.39, 0.29) is 12.4 Å². The quantitative estimate of drug-likeness (QED) is 0.207. The number of hydrogen-bond donors (Lipinski definition) is 1. The Kier molecular flexibility index (Phi) is 14.5. The summed E-state index contributed by atoms with van der Waals surface area (Å²) in [5.41, 5.74) is 1.06. The van der Waals surface area contributed by atoms with Gasteiger partial charge in [-0.2, -0.15) is 0 Å². The SMILES string of the molecule is CC(=O)COCCCOCCCCOCCCOc1ccc(NI)cc1. The molecule has 0 amide bonds. The second kappa shape index (κ2) is 16.3. The van der Waals surface area contributed by atoms with Gasteiger partial charge < -0.3 is 22.5 Å². The molecule has 0 unspecified atom stereocenters. The Hall–Kier alpha value is -0.900. The summed E-state index contributed by atoms with van der Waals surface area (Å²) in [6.45, 7) is 5.82. The van der Waals surface area contributed by atoms with Crippen LogP contribution in [0.2, 0.25) is 0 Å². The summed E-state index contributed by atoms with van der Waals surface area (Å²) >= 11 is 2.10. The second-order valence-corrected chi connectivity index (χ2v) is 6.40. The van der Waals surface area contributed by atoms with Crippen molar-refractivity contribution in [1.82, 2.24) is 0 Å². The lowest BCUT2D eigenvalue weighted by molar-refractivity contribution is -0.121. The second-order valence-electron chi connectivity index (χ2n) is 5.86. The number of unbranched alkanes of at least 4 members (excludes halogenated alkanes) is 1. The normalized spacial score (nSPS) is 10.7. The lowest BCUT2D eigenvalue weighted by Gasteiger charge is -2.08. The third-order valence-electron chi connectivity index (χ3n) is 3.38. The number of carbonyl (C=O) groups excluding carboxylic acids is 1. The lowest BCUT2D eigenvalue weighted by Crippen LogP contribution is -2.08. The summed E-state index contributed by atoms with van der Waals surface area (Å²) in [6, 6.07) is 7.88. The molecule has 0 aromatic heterocycles. The van der Waals surface area contributed by atoms with Crippen LogP contribution in [0.5, 0.6) is 5.75 Å². The number of rotatable bonds is 17. The predicted molar refractivity (Wildman–Crippen MR) is 111 cm³/mol. The summed E-state index contributed by atoms with van der Waals surface area (Å²) in [6.07, 6.45) is 3.68. The summed E-state index contributed by atoms with van der Waals surface area (Å²) < 4.78 is 25.0. The van der Waals surface area contributed by atoms with E-state index in [0.717, 1.165) is 50.3 Å². The number of Topliss-reactive ketones (excluding diaryl/α,β-unsaturated/α-hetero) is 1. The fraction of sp³-hybridized carbons (Fsp3) is 0.632. The molecule has 0 bridgehead atoms. The van der Waals surface area contributed by atoms with E-state index >= 15 is 0 Å². The van der Waals surface area contributed by atoms with Gasteiger partial charge >= 0.3 is 0 Å². The summed E-state index contributed by atoms with van der Waals surface area (Å²) in [5.74, 6) is 0.935. The molecule has 6 nitrogen and oxygen atoms in total. The van der Waals surface area contributed by atoms with Crippen LogP contribution < -0.4 is 8.27 Å². The van der Waals surface area contributed by atoms with E-state index in [2.05, 4.69) is 26.4 Å². The van der Waals surface area contributed by atoms with Crippen LogP contribution in [-0.4, -0.2) is 52.0 Å². The molecule has 0 spiro atoms. The maximum absolute atomic E-state index is 10.7. The van der Waals surface area contributed by atoms with E-state index in [1.165, 1.54) is 6.92 Å². The molecule has 0 saturated carbocycles. The Morgan fingerprint density at radius 1 is 0.846 bits per heavy atom. The Balaban J connectivity index is 1.78. The van der Waals surface area contributed by atoms with Gasteiger partial charge in [-0.05, 0) is 50.5 Å². The van der Waals surface area contributed by atoms with Gasteiger partial charge in [0, 0.05) is 45.1 Å². The van der Waals surface area contributed by atoms with Crippen molar-refractivity contribution in [2.75, 3.05) is 49.8 Å². The third-order valence-corrected chi connectivity index (χ3v) is 4.00. The number of carbonyl (C=O) groups is 1. The molecule has 0 aliphatic carbocycles. The molecule has 0 atom stereocenters. The number of ketones is 1. The van der Waals surface area contributed by atoms with Crippen molar-refractivity contribution in [2.45, 2.75) is 32.6 Å². The fourth-order valence-corrected chi connectivity index (χ4v) is 2.42. The highest BCUT2D eigenvalue weighted by molar-refractivity contribution is 14.1. The van der Waals surface area contributed by atoms with Crippen LogP contribution in [0, 0.1) is 0 Å². The topological polar surface area (TPSA) is 66.0 Å². The Morgan fingerprint density at radius 2 is 1.38 bits per heavy atom. The highest BCUT2D eigenvalue weighted by Gasteiger charge is 1.96. The zero-order chi connectivity index (χ0) is 18.9. The maximum atomic E-state index is 10.7. The number of anilines is 1. The average Bonchev–Trinajstić information content (AvgIpc) is 2.65. The molecule has 1 N–H and O–H groups in total. The Labute approximate surface area is 170 Å². The number of halogens is 1. The van der Waals surface area contributed by atoms with Crippen molar-refractivity contribution in [2.24, 2.45) is 0 Å². The Bertz CT molecular complexity index is 470. The van der Waals surface area contributed by atoms with E-state index in [4.69, 9.17) is 18.9 Å². The fourth-order valence-electron chi connectivity index (χ4n) is 2.06. The average molecular weight is 479 g/mol. The highest BCUT2D eigenvalue weighted by atomic mass is 127. The monoisotopic (exact) mass is 479 g/mol. The van der Waals surface area contributed by atoms with E-state index in [1.54, 1.807) is 0 Å². The van der Waals surface area contributed by atoms with Crippen LogP contribution in [0.1, 0.15) is 32.6 Å². The molecule has 1 rings (SSSR count). The first-order valence-corrected chi connectivity index (χ1v) is 10.1.